The molecular weight excluding hydrogens is 174 g/mol. The number of halogens is 2. The maximum absolute atomic E-state index is 13.2. The molecule has 2 nitrogen and oxygen atoms in total. The number of nitrogens with one attached hydrogen (secondary N) is 2. The summed E-state index contributed by atoms with van der Waals surface area (Å²) in [6.07, 6.45) is 3.43. The Morgan fingerprint density at radius 3 is 2.69 bits per heavy atom. The van der Waals surface area contributed by atoms with Crippen LogP contribution in [0, 0.1) is 11.6 Å². The summed E-state index contributed by atoms with van der Waals surface area (Å²) in [6, 6.07) is 3.33. The Morgan fingerprint density at radius 2 is 2.08 bits per heavy atom. The third-order valence-corrected chi connectivity index (χ3v) is 1.91. The highest BCUT2D eigenvalue weighted by Crippen LogP contribution is 2.20. The third kappa shape index (κ3) is 1.53. The molecule has 0 saturated heterocycles. The summed E-state index contributed by atoms with van der Waals surface area (Å²) < 4.78 is 25.7. The molecule has 1 aliphatic rings. The van der Waals surface area contributed by atoms with Crippen LogP contribution in [-0.2, 0) is 0 Å². The highest BCUT2D eigenvalue weighted by Gasteiger charge is 2.15. The molecule has 1 heterocycles. The maximum Gasteiger partial charge on any atom is 0.131 e. The molecule has 2 rings (SSSR count). The average molecular weight is 182 g/mol. The standard InChI is InChI=1S/C9H8F2N2/c10-6-1-2-7(8(11)5-6)9-3-4-12-13-9/h1-5,9,12-13H. The van der Waals surface area contributed by atoms with Crippen molar-refractivity contribution in [1.82, 2.24) is 10.9 Å². The predicted molar refractivity (Wildman–Crippen MR) is 44.5 cm³/mol. The molecule has 0 aromatic heterocycles. The zero-order valence-corrected chi connectivity index (χ0v) is 6.72. The van der Waals surface area contributed by atoms with Gasteiger partial charge in [-0.05, 0) is 12.1 Å². The van der Waals surface area contributed by atoms with Crippen molar-refractivity contribution in [2.45, 2.75) is 6.04 Å². The van der Waals surface area contributed by atoms with Crippen molar-refractivity contribution in [3.8, 4) is 0 Å². The molecular formula is C9H8F2N2. The maximum atomic E-state index is 13.2. The second kappa shape index (κ2) is 3.14. The normalized spacial score (nSPS) is 20.3. The van der Waals surface area contributed by atoms with Crippen molar-refractivity contribution in [2.24, 2.45) is 0 Å². The Kier molecular flexibility index (Phi) is 1.98. The molecule has 68 valence electrons. The van der Waals surface area contributed by atoms with E-state index in [4.69, 9.17) is 0 Å². The van der Waals surface area contributed by atoms with Gasteiger partial charge in [0.2, 0.25) is 0 Å². The van der Waals surface area contributed by atoms with Crippen LogP contribution in [0.2, 0.25) is 0 Å². The van der Waals surface area contributed by atoms with Gasteiger partial charge in [-0.2, -0.15) is 0 Å². The second-order valence-corrected chi connectivity index (χ2v) is 2.79. The Hall–Kier alpha value is -1.42. The lowest BCUT2D eigenvalue weighted by Crippen LogP contribution is -2.24. The number of rotatable bonds is 1. The van der Waals surface area contributed by atoms with Crippen molar-refractivity contribution in [3.63, 3.8) is 0 Å². The van der Waals surface area contributed by atoms with E-state index < -0.39 is 11.6 Å². The van der Waals surface area contributed by atoms with Crippen LogP contribution in [0.15, 0.2) is 30.5 Å². The van der Waals surface area contributed by atoms with Gasteiger partial charge in [0, 0.05) is 17.8 Å². The lowest BCUT2D eigenvalue weighted by molar-refractivity contribution is 0.538. The highest BCUT2D eigenvalue weighted by molar-refractivity contribution is 5.26. The molecule has 0 spiro atoms. The predicted octanol–water partition coefficient (Wildman–Crippen LogP) is 1.63. The van der Waals surface area contributed by atoms with Gasteiger partial charge >= 0.3 is 0 Å². The second-order valence-electron chi connectivity index (χ2n) is 2.79. The van der Waals surface area contributed by atoms with Gasteiger partial charge in [-0.3, -0.25) is 0 Å². The van der Waals surface area contributed by atoms with Crippen LogP contribution >= 0.6 is 0 Å². The summed E-state index contributed by atoms with van der Waals surface area (Å²) in [5.41, 5.74) is 5.96. The van der Waals surface area contributed by atoms with E-state index in [2.05, 4.69) is 10.9 Å². The largest absolute Gasteiger partial charge is 0.328 e. The molecule has 0 radical (unpaired) electrons. The minimum Gasteiger partial charge on any atom is -0.328 e. The van der Waals surface area contributed by atoms with E-state index >= 15 is 0 Å². The first-order valence-corrected chi connectivity index (χ1v) is 3.90. The summed E-state index contributed by atoms with van der Waals surface area (Å²) in [6.45, 7) is 0. The van der Waals surface area contributed by atoms with Gasteiger partial charge < -0.3 is 5.43 Å². The van der Waals surface area contributed by atoms with Crippen molar-refractivity contribution < 1.29 is 8.78 Å². The number of hydrogen-bond acceptors (Lipinski definition) is 2. The van der Waals surface area contributed by atoms with Crippen LogP contribution in [0.3, 0.4) is 0 Å². The SMILES string of the molecule is Fc1ccc(C2C=CNN2)c(F)c1. The molecule has 0 fully saturated rings. The minimum atomic E-state index is -0.559. The zero-order chi connectivity index (χ0) is 9.26. The van der Waals surface area contributed by atoms with E-state index in [1.165, 1.54) is 12.1 Å². The number of benzene rings is 1. The molecule has 0 amide bonds. The van der Waals surface area contributed by atoms with Gasteiger partial charge in [-0.1, -0.05) is 6.07 Å². The molecule has 1 unspecified atom stereocenters. The Balaban J connectivity index is 2.34. The smallest absolute Gasteiger partial charge is 0.131 e. The summed E-state index contributed by atoms with van der Waals surface area (Å²) in [5.74, 6) is -1.10. The molecule has 1 aliphatic heterocycles. The van der Waals surface area contributed by atoms with Gasteiger partial charge in [0.1, 0.15) is 11.6 Å². The van der Waals surface area contributed by atoms with Crippen LogP contribution in [0.5, 0.6) is 0 Å². The molecule has 1 aromatic rings. The summed E-state index contributed by atoms with van der Waals surface area (Å²) >= 11 is 0. The molecule has 1 atom stereocenters. The molecule has 1 aromatic carbocycles. The quantitative estimate of drug-likeness (QED) is 0.689. The monoisotopic (exact) mass is 182 g/mol. The fraction of sp³-hybridized carbons (Fsp3) is 0.111. The Bertz CT molecular complexity index is 349. The van der Waals surface area contributed by atoms with Crippen LogP contribution in [-0.4, -0.2) is 0 Å². The first-order chi connectivity index (χ1) is 6.27. The number of hydrazine groups is 1. The zero-order valence-electron chi connectivity index (χ0n) is 6.72. The van der Waals surface area contributed by atoms with Crippen LogP contribution in [0.25, 0.3) is 0 Å². The van der Waals surface area contributed by atoms with Crippen molar-refractivity contribution in [2.75, 3.05) is 0 Å². The molecule has 0 bridgehead atoms. The van der Waals surface area contributed by atoms with Crippen LogP contribution in [0.4, 0.5) is 8.78 Å². The first kappa shape index (κ1) is 8.19. The van der Waals surface area contributed by atoms with E-state index in [0.29, 0.717) is 5.56 Å². The molecule has 13 heavy (non-hydrogen) atoms. The van der Waals surface area contributed by atoms with Gasteiger partial charge in [0.25, 0.3) is 0 Å². The van der Waals surface area contributed by atoms with E-state index in [1.54, 1.807) is 12.3 Å². The lowest BCUT2D eigenvalue weighted by Gasteiger charge is -2.09. The molecule has 4 heteroatoms. The molecule has 0 saturated carbocycles. The van der Waals surface area contributed by atoms with Gasteiger partial charge in [-0.25, -0.2) is 14.2 Å². The van der Waals surface area contributed by atoms with E-state index in [0.717, 1.165) is 6.07 Å². The Labute approximate surface area is 74.2 Å². The van der Waals surface area contributed by atoms with E-state index in [1.807, 2.05) is 0 Å². The van der Waals surface area contributed by atoms with E-state index in [-0.39, 0.29) is 6.04 Å². The fourth-order valence-electron chi connectivity index (χ4n) is 1.27. The van der Waals surface area contributed by atoms with Crippen LogP contribution < -0.4 is 10.9 Å². The highest BCUT2D eigenvalue weighted by atomic mass is 19.1. The van der Waals surface area contributed by atoms with E-state index in [9.17, 15) is 8.78 Å². The lowest BCUT2D eigenvalue weighted by atomic mass is 10.1. The van der Waals surface area contributed by atoms with Crippen molar-refractivity contribution >= 4 is 0 Å². The summed E-state index contributed by atoms with van der Waals surface area (Å²) in [7, 11) is 0. The fourth-order valence-corrected chi connectivity index (χ4v) is 1.27. The first-order valence-electron chi connectivity index (χ1n) is 3.90. The van der Waals surface area contributed by atoms with Gasteiger partial charge in [0.05, 0.1) is 6.04 Å². The number of hydrogen-bond donors (Lipinski definition) is 2. The third-order valence-electron chi connectivity index (χ3n) is 1.91. The molecule has 0 aliphatic carbocycles. The van der Waals surface area contributed by atoms with Gasteiger partial charge in [-0.15, -0.1) is 0 Å². The topological polar surface area (TPSA) is 24.1 Å². The summed E-state index contributed by atoms with van der Waals surface area (Å²) in [5, 5.41) is 0. The van der Waals surface area contributed by atoms with Crippen LogP contribution in [0.1, 0.15) is 11.6 Å². The summed E-state index contributed by atoms with van der Waals surface area (Å²) in [4.78, 5) is 0. The Morgan fingerprint density at radius 1 is 1.23 bits per heavy atom. The minimum absolute atomic E-state index is 0.222. The van der Waals surface area contributed by atoms with Crippen molar-refractivity contribution in [1.29, 1.82) is 0 Å². The molecule has 2 N–H and O–H groups in total. The average Bonchev–Trinajstić information content (AvgIpc) is 2.56. The van der Waals surface area contributed by atoms with Crippen molar-refractivity contribution in [3.05, 3.63) is 47.7 Å². The van der Waals surface area contributed by atoms with Gasteiger partial charge in [0.15, 0.2) is 0 Å².